The van der Waals surface area contributed by atoms with E-state index in [2.05, 4.69) is 20.5 Å². The Hall–Kier alpha value is -5.78. The minimum absolute atomic E-state index is 0.0498. The van der Waals surface area contributed by atoms with Gasteiger partial charge in [0.25, 0.3) is 5.69 Å². The van der Waals surface area contributed by atoms with Crippen LogP contribution in [0.25, 0.3) is 27.9 Å². The first-order chi connectivity index (χ1) is 23.7. The Morgan fingerprint density at radius 1 is 1.02 bits per heavy atom. The number of halogens is 8. The van der Waals surface area contributed by atoms with Crippen molar-refractivity contribution in [2.75, 3.05) is 7.11 Å². The van der Waals surface area contributed by atoms with Gasteiger partial charge in [-0.15, -0.1) is 5.10 Å². The predicted molar refractivity (Wildman–Crippen MR) is 159 cm³/mol. The van der Waals surface area contributed by atoms with E-state index in [1.165, 1.54) is 65.4 Å². The largest absolute Gasteiger partial charge is 0.478 e. The van der Waals surface area contributed by atoms with E-state index in [0.717, 1.165) is 29.1 Å². The van der Waals surface area contributed by atoms with Crippen molar-refractivity contribution in [2.45, 2.75) is 25.2 Å². The second-order valence-electron chi connectivity index (χ2n) is 10.6. The van der Waals surface area contributed by atoms with Crippen molar-refractivity contribution in [1.82, 2.24) is 34.6 Å². The Kier molecular flexibility index (Phi) is 9.04. The van der Waals surface area contributed by atoms with E-state index in [1.54, 1.807) is 0 Å². The maximum atomic E-state index is 15.6. The van der Waals surface area contributed by atoms with E-state index < -0.39 is 47.6 Å². The number of aromatic carboxylic acids is 1. The van der Waals surface area contributed by atoms with Gasteiger partial charge in [0.2, 0.25) is 6.20 Å². The summed E-state index contributed by atoms with van der Waals surface area (Å²) in [7, 11) is 1.28. The van der Waals surface area contributed by atoms with Crippen molar-refractivity contribution in [3.05, 3.63) is 119 Å². The van der Waals surface area contributed by atoms with Crippen LogP contribution in [-0.4, -0.2) is 52.7 Å². The molecule has 0 bridgehead atoms. The summed E-state index contributed by atoms with van der Waals surface area (Å²) >= 11 is 6.07. The minimum atomic E-state index is -4.81. The molecule has 6 rings (SSSR count). The van der Waals surface area contributed by atoms with Crippen molar-refractivity contribution in [3.8, 4) is 27.9 Å². The first-order valence-corrected chi connectivity index (χ1v) is 14.6. The zero-order valence-corrected chi connectivity index (χ0v) is 26.0. The molecule has 6 aromatic rings. The van der Waals surface area contributed by atoms with Crippen LogP contribution in [0.4, 0.5) is 30.7 Å². The maximum Gasteiger partial charge on any atom is 0.436 e. The van der Waals surface area contributed by atoms with E-state index in [0.29, 0.717) is 27.7 Å². The monoisotopic (exact) mass is 721 g/mol. The van der Waals surface area contributed by atoms with Gasteiger partial charge < -0.3 is 5.11 Å². The molecule has 1 N–H and O–H groups in total. The number of hydrogen-bond donors (Lipinski definition) is 1. The number of aromatic nitrogens is 8. The van der Waals surface area contributed by atoms with Crippen LogP contribution in [0.15, 0.2) is 79.5 Å². The molecule has 0 radical (unpaired) electrons. The molecule has 0 fully saturated rings. The normalized spacial score (nSPS) is 12.4. The molecular formula is C31H21ClF7N8O3+. The van der Waals surface area contributed by atoms with E-state index in [4.69, 9.17) is 16.4 Å². The van der Waals surface area contributed by atoms with Crippen molar-refractivity contribution in [3.63, 3.8) is 0 Å². The van der Waals surface area contributed by atoms with E-state index in [9.17, 15) is 36.2 Å². The quantitative estimate of drug-likeness (QED) is 0.132. The third-order valence-electron chi connectivity index (χ3n) is 7.59. The topological polar surface area (TPSA) is 117 Å². The Morgan fingerprint density at radius 3 is 2.42 bits per heavy atom. The van der Waals surface area contributed by atoms with Crippen LogP contribution in [0.1, 0.15) is 40.0 Å². The predicted octanol–water partition coefficient (Wildman–Crippen LogP) is 6.22. The number of rotatable bonds is 10. The molecule has 4 aromatic heterocycles. The van der Waals surface area contributed by atoms with Gasteiger partial charge in [-0.25, -0.2) is 22.9 Å². The van der Waals surface area contributed by atoms with Crippen LogP contribution < -0.4 is 9.57 Å². The third-order valence-corrected chi connectivity index (χ3v) is 7.89. The van der Waals surface area contributed by atoms with Crippen LogP contribution in [-0.2, 0) is 12.6 Å². The van der Waals surface area contributed by atoms with Crippen molar-refractivity contribution in [1.29, 1.82) is 0 Å². The highest BCUT2D eigenvalue weighted by molar-refractivity contribution is 6.31. The molecule has 50 heavy (non-hydrogen) atoms. The van der Waals surface area contributed by atoms with Crippen LogP contribution >= 0.6 is 11.6 Å². The minimum Gasteiger partial charge on any atom is -0.478 e. The molecule has 19 heteroatoms. The smallest absolute Gasteiger partial charge is 0.436 e. The number of carboxylic acids is 1. The van der Waals surface area contributed by atoms with Crippen molar-refractivity contribution in [2.24, 2.45) is 0 Å². The van der Waals surface area contributed by atoms with Crippen molar-refractivity contribution >= 4 is 17.6 Å². The molecule has 2 aromatic carbocycles. The lowest BCUT2D eigenvalue weighted by atomic mass is 10.0. The summed E-state index contributed by atoms with van der Waals surface area (Å²) in [4.78, 5) is 16.9. The number of alkyl halides is 5. The molecule has 258 valence electrons. The molecule has 0 spiro atoms. The molecule has 0 aliphatic heterocycles. The zero-order chi connectivity index (χ0) is 35.9. The molecule has 0 amide bonds. The summed E-state index contributed by atoms with van der Waals surface area (Å²) in [6.07, 6.45) is 1.03. The Morgan fingerprint density at radius 2 is 1.78 bits per heavy atom. The average Bonchev–Trinajstić information content (AvgIpc) is 3.86. The van der Waals surface area contributed by atoms with Gasteiger partial charge in [-0.05, 0) is 42.0 Å². The number of nitrogens with zero attached hydrogens (tertiary/aromatic N) is 8. The van der Waals surface area contributed by atoms with Crippen LogP contribution in [0.3, 0.4) is 0 Å². The van der Waals surface area contributed by atoms with Gasteiger partial charge in [-0.1, -0.05) is 22.9 Å². The van der Waals surface area contributed by atoms with Gasteiger partial charge in [-0.3, -0.25) is 9.52 Å². The summed E-state index contributed by atoms with van der Waals surface area (Å²) in [6.45, 7) is -2.91. The molecule has 11 nitrogen and oxygen atoms in total. The number of carboxylic acid groups (broad SMARTS) is 1. The Balaban J connectivity index is 1.45. The highest BCUT2D eigenvalue weighted by Crippen LogP contribution is 2.35. The lowest BCUT2D eigenvalue weighted by molar-refractivity contribution is -0.891. The van der Waals surface area contributed by atoms with Gasteiger partial charge in [0.1, 0.15) is 19.0 Å². The van der Waals surface area contributed by atoms with Gasteiger partial charge in [-0.2, -0.15) is 32.1 Å². The van der Waals surface area contributed by atoms with Crippen LogP contribution in [0.2, 0.25) is 5.02 Å². The number of pyridine rings is 1. The molecule has 0 unspecified atom stereocenters. The average molecular weight is 722 g/mol. The molecular weight excluding hydrogens is 701 g/mol. The second kappa shape index (κ2) is 13.3. The van der Waals surface area contributed by atoms with E-state index in [-0.39, 0.29) is 34.0 Å². The summed E-state index contributed by atoms with van der Waals surface area (Å²) < 4.78 is 101. The molecule has 0 saturated carbocycles. The summed E-state index contributed by atoms with van der Waals surface area (Å²) in [5, 5.41) is 23.8. The van der Waals surface area contributed by atoms with E-state index in [1.807, 2.05) is 0 Å². The molecule has 0 aliphatic rings. The summed E-state index contributed by atoms with van der Waals surface area (Å²) in [5.74, 6) is -3.40. The van der Waals surface area contributed by atoms with Crippen molar-refractivity contribution < 1.29 is 50.2 Å². The van der Waals surface area contributed by atoms with Crippen LogP contribution in [0, 0.1) is 11.6 Å². The van der Waals surface area contributed by atoms with Gasteiger partial charge >= 0.3 is 18.7 Å². The molecule has 4 heterocycles. The Labute approximate surface area is 281 Å². The fourth-order valence-corrected chi connectivity index (χ4v) is 5.38. The standard InChI is InChI=1S/C31H20ClF7N8O3/c1-50-47-14-17(27-24(7-5-21(32)28(27)34)46-15-26(41-43-46)31(37,38)39)3-6-23(47)25(11-19-8-9-44(42-19)30(35)36)45-13-18(12-40-45)16-2-4-20(29(48)49)22(33)10-16/h2-10,12-15,25,30H,11H2,1H3/p+1/t25-/m0/s1. The van der Waals surface area contributed by atoms with E-state index >= 15 is 4.39 Å². The number of carbonyl (C=O) groups is 1. The number of hydrogen-bond acceptors (Lipinski definition) is 6. The lowest BCUT2D eigenvalue weighted by Gasteiger charge is -2.16. The SMILES string of the molecule is CO[n+]1cc(-c2c(-n3cc(C(F)(F)F)nn3)ccc(Cl)c2F)ccc1[C@H](Cc1ccn(C(F)F)n1)n1cc(-c2ccc(C(=O)O)c(F)c2)cn1. The molecule has 0 saturated heterocycles. The fraction of sp³-hybridized carbons (Fsp3) is 0.161. The first-order valence-electron chi connectivity index (χ1n) is 14.2. The van der Waals surface area contributed by atoms with Crippen LogP contribution in [0.5, 0.6) is 0 Å². The summed E-state index contributed by atoms with van der Waals surface area (Å²) in [6, 6.07) is 9.35. The number of benzene rings is 2. The third kappa shape index (κ3) is 6.60. The van der Waals surface area contributed by atoms with Gasteiger partial charge in [0, 0.05) is 35.2 Å². The molecule has 0 aliphatic carbocycles. The second-order valence-corrected chi connectivity index (χ2v) is 11.1. The highest BCUT2D eigenvalue weighted by atomic mass is 35.5. The zero-order valence-electron chi connectivity index (χ0n) is 25.2. The highest BCUT2D eigenvalue weighted by Gasteiger charge is 2.35. The summed E-state index contributed by atoms with van der Waals surface area (Å²) in [5.41, 5.74) is -0.922. The fourth-order valence-electron chi connectivity index (χ4n) is 5.23. The van der Waals surface area contributed by atoms with Gasteiger partial charge in [0.15, 0.2) is 11.5 Å². The molecule has 1 atom stereocenters. The lowest BCUT2D eigenvalue weighted by Crippen LogP contribution is -2.46. The van der Waals surface area contributed by atoms with Gasteiger partial charge in [0.05, 0.1) is 45.5 Å². The maximum absolute atomic E-state index is 15.6. The first kappa shape index (κ1) is 34.1. The Bertz CT molecular complexity index is 2220.